The molecule has 1 aliphatic heterocycles. The van der Waals surface area contributed by atoms with Gasteiger partial charge in [-0.05, 0) is 18.6 Å². The molecule has 2 rings (SSSR count). The zero-order chi connectivity index (χ0) is 23.7. The van der Waals surface area contributed by atoms with Gasteiger partial charge in [0.1, 0.15) is 4.90 Å². The smallest absolute Gasteiger partial charge is 0.303 e. The summed E-state index contributed by atoms with van der Waals surface area (Å²) in [5.74, 6) is -1.20. The van der Waals surface area contributed by atoms with Crippen LogP contribution in [-0.4, -0.2) is 25.4 Å². The SMILES string of the molecule is CCCCCCCCCCCCCCCCCC(=O)O.O=C1NS(=O)(=O)c2ccccc21. The Morgan fingerprint density at radius 2 is 1.22 bits per heavy atom. The molecule has 0 saturated heterocycles. The van der Waals surface area contributed by atoms with Crippen molar-refractivity contribution < 1.29 is 23.1 Å². The van der Waals surface area contributed by atoms with Gasteiger partial charge in [0.15, 0.2) is 0 Å². The minimum atomic E-state index is -3.55. The molecule has 1 aromatic rings. The molecule has 0 unspecified atom stereocenters. The zero-order valence-corrected chi connectivity index (χ0v) is 20.4. The lowest BCUT2D eigenvalue weighted by Crippen LogP contribution is -2.20. The lowest BCUT2D eigenvalue weighted by atomic mass is 10.0. The molecule has 1 aliphatic rings. The number of sulfonamides is 1. The van der Waals surface area contributed by atoms with Crippen molar-refractivity contribution in [3.05, 3.63) is 29.8 Å². The third kappa shape index (κ3) is 12.2. The Morgan fingerprint density at radius 3 is 1.66 bits per heavy atom. The van der Waals surface area contributed by atoms with Crippen LogP contribution in [0.2, 0.25) is 0 Å². The molecule has 0 spiro atoms. The second-order valence-electron chi connectivity index (χ2n) is 8.52. The first-order valence-electron chi connectivity index (χ1n) is 12.3. The van der Waals surface area contributed by atoms with Gasteiger partial charge in [-0.1, -0.05) is 109 Å². The van der Waals surface area contributed by atoms with E-state index in [9.17, 15) is 18.0 Å². The van der Waals surface area contributed by atoms with Crippen LogP contribution >= 0.6 is 0 Å². The maximum Gasteiger partial charge on any atom is 0.303 e. The third-order valence-corrected chi connectivity index (χ3v) is 7.03. The van der Waals surface area contributed by atoms with Gasteiger partial charge in [0, 0.05) is 6.42 Å². The van der Waals surface area contributed by atoms with Crippen molar-refractivity contribution in [2.75, 3.05) is 0 Å². The maximum atomic E-state index is 11.1. The van der Waals surface area contributed by atoms with E-state index in [0.717, 1.165) is 12.8 Å². The number of amides is 1. The first-order valence-corrected chi connectivity index (χ1v) is 13.7. The Labute approximate surface area is 194 Å². The van der Waals surface area contributed by atoms with E-state index >= 15 is 0 Å². The van der Waals surface area contributed by atoms with E-state index in [-0.39, 0.29) is 10.5 Å². The van der Waals surface area contributed by atoms with Gasteiger partial charge in [-0.25, -0.2) is 13.1 Å². The van der Waals surface area contributed by atoms with E-state index < -0.39 is 21.9 Å². The number of rotatable bonds is 16. The summed E-state index contributed by atoms with van der Waals surface area (Å²) in [6, 6.07) is 6.09. The molecule has 1 amide bonds. The van der Waals surface area contributed by atoms with Gasteiger partial charge in [-0.2, -0.15) is 0 Å². The second-order valence-corrected chi connectivity index (χ2v) is 10.2. The first-order chi connectivity index (χ1) is 15.4. The van der Waals surface area contributed by atoms with Gasteiger partial charge >= 0.3 is 5.97 Å². The minimum absolute atomic E-state index is 0.0648. The average Bonchev–Trinajstić information content (AvgIpc) is 3.00. The summed E-state index contributed by atoms with van der Waals surface area (Å²) in [5.41, 5.74) is 0.220. The molecular weight excluding hydrogens is 426 g/mol. The third-order valence-electron chi connectivity index (χ3n) is 5.64. The summed E-state index contributed by atoms with van der Waals surface area (Å²) < 4.78 is 24.2. The van der Waals surface area contributed by atoms with E-state index in [1.54, 1.807) is 12.1 Å². The number of fused-ring (bicyclic) bond motifs is 1. The summed E-state index contributed by atoms with van der Waals surface area (Å²) >= 11 is 0. The van der Waals surface area contributed by atoms with Crippen LogP contribution in [0, 0.1) is 0 Å². The standard InChI is InChI=1S/C18H36O2.C7H5NO3S/c1-2-3-4-5-6-7-8-9-10-11-12-13-14-15-16-17-18(19)20;9-7-5-3-1-2-4-6(5)12(10,11)8-7/h2-17H2,1H3,(H,19,20);1-4H,(H,8,9). The molecule has 2 N–H and O–H groups in total. The molecule has 0 aromatic heterocycles. The number of carbonyl (C=O) groups excluding carboxylic acids is 1. The van der Waals surface area contributed by atoms with Crippen molar-refractivity contribution in [3.63, 3.8) is 0 Å². The number of nitrogens with one attached hydrogen (secondary N) is 1. The molecule has 182 valence electrons. The van der Waals surface area contributed by atoms with Crippen molar-refractivity contribution >= 4 is 21.9 Å². The average molecular weight is 468 g/mol. The van der Waals surface area contributed by atoms with Crippen molar-refractivity contribution in [2.24, 2.45) is 0 Å². The van der Waals surface area contributed by atoms with Gasteiger partial charge in [0.25, 0.3) is 15.9 Å². The van der Waals surface area contributed by atoms with E-state index in [2.05, 4.69) is 6.92 Å². The number of carbonyl (C=O) groups is 2. The summed E-state index contributed by atoms with van der Waals surface area (Å²) in [6.45, 7) is 2.27. The van der Waals surface area contributed by atoms with Crippen molar-refractivity contribution in [2.45, 2.75) is 115 Å². The van der Waals surface area contributed by atoms with Crippen LogP contribution in [0.25, 0.3) is 0 Å². The largest absolute Gasteiger partial charge is 0.481 e. The van der Waals surface area contributed by atoms with E-state index in [0.29, 0.717) is 6.42 Å². The van der Waals surface area contributed by atoms with Crippen molar-refractivity contribution in [3.8, 4) is 0 Å². The molecule has 1 aromatic carbocycles. The molecule has 0 aliphatic carbocycles. The number of carboxylic acids is 1. The lowest BCUT2D eigenvalue weighted by molar-refractivity contribution is -0.137. The van der Waals surface area contributed by atoms with E-state index in [1.807, 2.05) is 4.72 Å². The molecule has 6 nitrogen and oxygen atoms in total. The fourth-order valence-electron chi connectivity index (χ4n) is 3.77. The number of hydrogen-bond acceptors (Lipinski definition) is 4. The Morgan fingerprint density at radius 1 is 0.781 bits per heavy atom. The molecule has 0 bridgehead atoms. The zero-order valence-electron chi connectivity index (χ0n) is 19.6. The van der Waals surface area contributed by atoms with Crippen LogP contribution in [0.5, 0.6) is 0 Å². The lowest BCUT2D eigenvalue weighted by Gasteiger charge is -2.03. The summed E-state index contributed by atoms with van der Waals surface area (Å²) in [6.07, 6.45) is 20.2. The molecular formula is C25H41NO5S. The first kappa shape index (κ1) is 28.1. The molecule has 7 heteroatoms. The maximum absolute atomic E-state index is 11.1. The monoisotopic (exact) mass is 467 g/mol. The van der Waals surface area contributed by atoms with Gasteiger partial charge < -0.3 is 5.11 Å². The number of carboxylic acid groups (broad SMARTS) is 1. The Bertz CT molecular complexity index is 776. The molecule has 0 fully saturated rings. The second kappa shape index (κ2) is 16.7. The minimum Gasteiger partial charge on any atom is -0.481 e. The van der Waals surface area contributed by atoms with Gasteiger partial charge in [0.05, 0.1) is 5.56 Å². The van der Waals surface area contributed by atoms with Crippen LogP contribution in [-0.2, 0) is 14.8 Å². The van der Waals surface area contributed by atoms with Crippen LogP contribution in [0.4, 0.5) is 0 Å². The van der Waals surface area contributed by atoms with E-state index in [4.69, 9.17) is 5.11 Å². The highest BCUT2D eigenvalue weighted by Gasteiger charge is 2.31. The quantitative estimate of drug-likeness (QED) is 0.272. The molecule has 1 heterocycles. The topological polar surface area (TPSA) is 101 Å². The Hall–Kier alpha value is -1.89. The fraction of sp³-hybridized carbons (Fsp3) is 0.680. The van der Waals surface area contributed by atoms with Gasteiger partial charge in [-0.3, -0.25) is 9.59 Å². The van der Waals surface area contributed by atoms with E-state index in [1.165, 1.54) is 95.6 Å². The van der Waals surface area contributed by atoms with Crippen LogP contribution < -0.4 is 4.72 Å². The predicted octanol–water partition coefficient (Wildman–Crippen LogP) is 6.45. The molecule has 0 atom stereocenters. The summed E-state index contributed by atoms with van der Waals surface area (Å²) in [7, 11) is -3.55. The van der Waals surface area contributed by atoms with Crippen LogP contribution in [0.15, 0.2) is 29.2 Å². The van der Waals surface area contributed by atoms with Crippen LogP contribution in [0.3, 0.4) is 0 Å². The van der Waals surface area contributed by atoms with Crippen LogP contribution in [0.1, 0.15) is 120 Å². The summed E-state index contributed by atoms with van der Waals surface area (Å²) in [4.78, 5) is 21.4. The highest BCUT2D eigenvalue weighted by atomic mass is 32.2. The summed E-state index contributed by atoms with van der Waals surface area (Å²) in [5, 5.41) is 8.52. The number of benzene rings is 1. The fourth-order valence-corrected chi connectivity index (χ4v) is 4.94. The molecule has 0 saturated carbocycles. The Kier molecular flexibility index (Phi) is 14.7. The van der Waals surface area contributed by atoms with Gasteiger partial charge in [-0.15, -0.1) is 0 Å². The number of unbranched alkanes of at least 4 members (excludes halogenated alkanes) is 14. The predicted molar refractivity (Wildman–Crippen MR) is 128 cm³/mol. The highest BCUT2D eigenvalue weighted by Crippen LogP contribution is 2.20. The molecule has 32 heavy (non-hydrogen) atoms. The Balaban J connectivity index is 0.000000357. The molecule has 0 radical (unpaired) electrons. The van der Waals surface area contributed by atoms with Crippen molar-refractivity contribution in [1.82, 2.24) is 4.72 Å². The van der Waals surface area contributed by atoms with Crippen molar-refractivity contribution in [1.29, 1.82) is 0 Å². The highest BCUT2D eigenvalue weighted by molar-refractivity contribution is 7.90. The normalized spacial score (nSPS) is 13.7. The number of hydrogen-bond donors (Lipinski definition) is 2. The number of aliphatic carboxylic acids is 1. The van der Waals surface area contributed by atoms with Gasteiger partial charge in [0.2, 0.25) is 0 Å².